The highest BCUT2D eigenvalue weighted by Crippen LogP contribution is 2.50. The van der Waals surface area contributed by atoms with E-state index >= 15 is 0 Å². The van der Waals surface area contributed by atoms with Gasteiger partial charge in [0.15, 0.2) is 21.8 Å². The molecule has 1 amide bonds. The molecule has 0 spiro atoms. The number of nitrogens with two attached hydrogens (primary N) is 1. The predicted octanol–water partition coefficient (Wildman–Crippen LogP) is 4.28. The predicted molar refractivity (Wildman–Crippen MR) is 130 cm³/mol. The monoisotopic (exact) mass is 501 g/mol. The van der Waals surface area contributed by atoms with Crippen molar-refractivity contribution in [2.45, 2.75) is 19.3 Å². The van der Waals surface area contributed by atoms with Crippen LogP contribution in [0.3, 0.4) is 0 Å². The van der Waals surface area contributed by atoms with Gasteiger partial charge in [0.1, 0.15) is 4.88 Å². The van der Waals surface area contributed by atoms with Gasteiger partial charge in [-0.25, -0.2) is 15.0 Å². The number of carbonyl (C=O) groups is 1. The summed E-state index contributed by atoms with van der Waals surface area (Å²) in [4.78, 5) is 32.0. The number of aromatic amines is 1. The number of H-pyrrole nitrogens is 1. The molecule has 4 atom stereocenters. The fourth-order valence-electron chi connectivity index (χ4n) is 5.56. The van der Waals surface area contributed by atoms with Crippen LogP contribution >= 0.6 is 34.5 Å². The lowest BCUT2D eigenvalue weighted by Gasteiger charge is -2.26. The quantitative estimate of drug-likeness (QED) is 0.355. The van der Waals surface area contributed by atoms with Crippen molar-refractivity contribution in [1.82, 2.24) is 19.9 Å². The average Bonchev–Trinajstić information content (AvgIpc) is 3.60. The molecular weight excluding hydrogens is 481 g/mol. The third-order valence-electron chi connectivity index (χ3n) is 7.03. The Hall–Kier alpha value is -2.49. The van der Waals surface area contributed by atoms with Crippen molar-refractivity contribution < 1.29 is 4.79 Å². The summed E-state index contributed by atoms with van der Waals surface area (Å²) in [7, 11) is 0. The van der Waals surface area contributed by atoms with Gasteiger partial charge in [-0.15, -0.1) is 0 Å². The van der Waals surface area contributed by atoms with Gasteiger partial charge in [-0.1, -0.05) is 46.7 Å². The molecule has 1 aliphatic heterocycles. The van der Waals surface area contributed by atoms with E-state index in [1.165, 1.54) is 17.5 Å². The SMILES string of the molecule is N=C(c1c(Cl)cnc2nc(-c3sc(N4CCCC4)nc3Cl)[nH]c12)C1C2C=CC(C2)C1C(N)=O. The zero-order valence-corrected chi connectivity index (χ0v) is 19.8. The molecule has 4 heterocycles. The Morgan fingerprint density at radius 3 is 2.64 bits per heavy atom. The Labute approximate surface area is 203 Å². The Kier molecular flexibility index (Phi) is 4.97. The first kappa shape index (κ1) is 21.1. The molecule has 2 aliphatic carbocycles. The second kappa shape index (κ2) is 7.78. The van der Waals surface area contributed by atoms with Crippen LogP contribution < -0.4 is 10.6 Å². The van der Waals surface area contributed by atoms with E-state index in [2.05, 4.69) is 30.9 Å². The van der Waals surface area contributed by atoms with Crippen molar-refractivity contribution in [2.24, 2.45) is 29.4 Å². The minimum atomic E-state index is -0.409. The summed E-state index contributed by atoms with van der Waals surface area (Å²) in [5.74, 6) is -0.388. The number of rotatable bonds is 5. The first-order valence-electron chi connectivity index (χ1n) is 10.9. The van der Waals surface area contributed by atoms with Crippen molar-refractivity contribution in [2.75, 3.05) is 18.0 Å². The van der Waals surface area contributed by atoms with Crippen molar-refractivity contribution in [3.05, 3.63) is 34.1 Å². The Morgan fingerprint density at radius 2 is 1.91 bits per heavy atom. The number of carbonyl (C=O) groups excluding carboxylic acids is 1. The molecule has 1 saturated carbocycles. The molecule has 11 heteroatoms. The number of nitrogens with zero attached hydrogens (tertiary/aromatic N) is 4. The molecule has 8 nitrogen and oxygen atoms in total. The fourth-order valence-corrected chi connectivity index (χ4v) is 7.09. The number of fused-ring (bicyclic) bond motifs is 3. The highest BCUT2D eigenvalue weighted by Gasteiger charge is 2.50. The van der Waals surface area contributed by atoms with Gasteiger partial charge in [0.25, 0.3) is 0 Å². The minimum absolute atomic E-state index is 0.0753. The van der Waals surface area contributed by atoms with Gasteiger partial charge in [0.2, 0.25) is 5.91 Å². The molecule has 0 radical (unpaired) electrons. The van der Waals surface area contributed by atoms with E-state index in [9.17, 15) is 4.79 Å². The third-order valence-corrected chi connectivity index (χ3v) is 8.83. The van der Waals surface area contributed by atoms with E-state index in [0.29, 0.717) is 32.7 Å². The van der Waals surface area contributed by atoms with Gasteiger partial charge >= 0.3 is 0 Å². The van der Waals surface area contributed by atoms with Crippen LogP contribution in [0.1, 0.15) is 24.8 Å². The summed E-state index contributed by atoms with van der Waals surface area (Å²) < 4.78 is 0. The molecule has 170 valence electrons. The molecule has 3 aromatic rings. The van der Waals surface area contributed by atoms with Crippen LogP contribution in [0.4, 0.5) is 5.13 Å². The van der Waals surface area contributed by atoms with Crippen molar-refractivity contribution in [3.8, 4) is 10.7 Å². The van der Waals surface area contributed by atoms with Gasteiger partial charge in [-0.3, -0.25) is 4.79 Å². The minimum Gasteiger partial charge on any atom is -0.369 e. The van der Waals surface area contributed by atoms with Crippen LogP contribution in [0.2, 0.25) is 10.2 Å². The van der Waals surface area contributed by atoms with Gasteiger partial charge in [-0.05, 0) is 31.1 Å². The van der Waals surface area contributed by atoms with Crippen LogP contribution in [0.15, 0.2) is 18.3 Å². The molecule has 4 N–H and O–H groups in total. The molecule has 6 rings (SSSR count). The molecule has 0 aromatic carbocycles. The second-order valence-corrected chi connectivity index (χ2v) is 10.6. The standard InChI is InChI=1S/C22H21Cl2N7OS/c23-11-8-27-20-16(14(11)15(25)12-9-3-4-10(7-9)13(12)19(26)32)28-21(30-20)17-18(24)29-22(33-17)31-5-1-2-6-31/h3-4,8-10,12-13,25H,1-2,5-7H2,(H2,26,32)(H,27,28,30). The highest BCUT2D eigenvalue weighted by molar-refractivity contribution is 7.19. The van der Waals surface area contributed by atoms with Crippen LogP contribution in [0.5, 0.6) is 0 Å². The molecular formula is C22H21Cl2N7OS. The number of aromatic nitrogens is 4. The molecule has 4 unspecified atom stereocenters. The second-order valence-electron chi connectivity index (χ2n) is 8.89. The van der Waals surface area contributed by atoms with E-state index in [4.69, 9.17) is 34.3 Å². The Bertz CT molecular complexity index is 1330. The Morgan fingerprint density at radius 1 is 1.18 bits per heavy atom. The van der Waals surface area contributed by atoms with Gasteiger partial charge in [0.05, 0.1) is 16.5 Å². The summed E-state index contributed by atoms with van der Waals surface area (Å²) >= 11 is 14.5. The molecule has 2 bridgehead atoms. The maximum absolute atomic E-state index is 12.2. The maximum Gasteiger partial charge on any atom is 0.221 e. The van der Waals surface area contributed by atoms with E-state index in [1.807, 2.05) is 6.08 Å². The van der Waals surface area contributed by atoms with Crippen molar-refractivity contribution in [3.63, 3.8) is 0 Å². The summed E-state index contributed by atoms with van der Waals surface area (Å²) in [6, 6.07) is 0. The molecule has 3 aliphatic rings. The number of anilines is 1. The fraction of sp³-hybridized carbons (Fsp3) is 0.409. The zero-order valence-electron chi connectivity index (χ0n) is 17.5. The third kappa shape index (κ3) is 3.28. The van der Waals surface area contributed by atoms with E-state index in [1.54, 1.807) is 0 Å². The lowest BCUT2D eigenvalue weighted by molar-refractivity contribution is -0.123. The first-order chi connectivity index (χ1) is 15.9. The maximum atomic E-state index is 12.2. The normalized spacial score (nSPS) is 26.1. The Balaban J connectivity index is 1.42. The zero-order chi connectivity index (χ0) is 22.9. The van der Waals surface area contributed by atoms with Crippen LogP contribution in [0, 0.1) is 29.1 Å². The largest absolute Gasteiger partial charge is 0.369 e. The summed E-state index contributed by atoms with van der Waals surface area (Å²) in [6.45, 7) is 1.95. The number of amides is 1. The summed E-state index contributed by atoms with van der Waals surface area (Å²) in [5, 5.41) is 10.7. The number of allylic oxidation sites excluding steroid dienone is 2. The van der Waals surface area contributed by atoms with E-state index < -0.39 is 5.92 Å². The lowest BCUT2D eigenvalue weighted by Crippen LogP contribution is -2.37. The summed E-state index contributed by atoms with van der Waals surface area (Å²) in [5.41, 5.74) is 7.53. The van der Waals surface area contributed by atoms with Crippen LogP contribution in [-0.2, 0) is 4.79 Å². The number of thiazole rings is 1. The number of hydrogen-bond acceptors (Lipinski definition) is 7. The number of hydrogen-bond donors (Lipinski definition) is 3. The first-order valence-corrected chi connectivity index (χ1v) is 12.5. The van der Waals surface area contributed by atoms with Crippen LogP contribution in [-0.4, -0.2) is 44.6 Å². The van der Waals surface area contributed by atoms with E-state index in [0.717, 1.165) is 42.4 Å². The van der Waals surface area contributed by atoms with Gasteiger partial charge in [0, 0.05) is 36.5 Å². The van der Waals surface area contributed by atoms with Crippen molar-refractivity contribution in [1.29, 1.82) is 5.41 Å². The van der Waals surface area contributed by atoms with Gasteiger partial charge < -0.3 is 21.0 Å². The topological polar surface area (TPSA) is 125 Å². The number of pyridine rings is 1. The summed E-state index contributed by atoms with van der Waals surface area (Å²) in [6.07, 6.45) is 8.77. The lowest BCUT2D eigenvalue weighted by atomic mass is 9.77. The number of imidazole rings is 1. The van der Waals surface area contributed by atoms with Crippen molar-refractivity contribution >= 4 is 62.5 Å². The average molecular weight is 502 g/mol. The molecule has 2 fully saturated rings. The number of primary amides is 1. The number of halogens is 2. The molecule has 1 saturated heterocycles. The van der Waals surface area contributed by atoms with Crippen LogP contribution in [0.25, 0.3) is 21.9 Å². The molecule has 33 heavy (non-hydrogen) atoms. The van der Waals surface area contributed by atoms with E-state index in [-0.39, 0.29) is 29.4 Å². The number of nitrogens with one attached hydrogen (secondary N) is 2. The van der Waals surface area contributed by atoms with Gasteiger partial charge in [-0.2, -0.15) is 0 Å². The molecule has 3 aromatic heterocycles. The highest BCUT2D eigenvalue weighted by atomic mass is 35.5. The smallest absolute Gasteiger partial charge is 0.221 e.